The van der Waals surface area contributed by atoms with Gasteiger partial charge in [0, 0.05) is 28.6 Å². The summed E-state index contributed by atoms with van der Waals surface area (Å²) in [6.45, 7) is 0.428. The Kier molecular flexibility index (Phi) is 4.78. The number of nitro groups is 1. The second-order valence-corrected chi connectivity index (χ2v) is 6.39. The van der Waals surface area contributed by atoms with E-state index in [4.69, 9.17) is 5.73 Å². The summed E-state index contributed by atoms with van der Waals surface area (Å²) in [6, 6.07) is 4.76. The van der Waals surface area contributed by atoms with E-state index >= 15 is 0 Å². The lowest BCUT2D eigenvalue weighted by Crippen LogP contribution is -2.45. The van der Waals surface area contributed by atoms with E-state index in [0.29, 0.717) is 17.4 Å². The fourth-order valence-corrected chi connectivity index (χ4v) is 3.48. The zero-order valence-electron chi connectivity index (χ0n) is 11.2. The van der Waals surface area contributed by atoms with Crippen molar-refractivity contribution in [3.63, 3.8) is 0 Å². The zero-order chi connectivity index (χ0) is 14.8. The van der Waals surface area contributed by atoms with Crippen LogP contribution in [-0.2, 0) is 6.42 Å². The predicted molar refractivity (Wildman–Crippen MR) is 80.5 cm³/mol. The van der Waals surface area contributed by atoms with Gasteiger partial charge in [-0.15, -0.1) is 0 Å². The molecule has 1 saturated carbocycles. The van der Waals surface area contributed by atoms with Gasteiger partial charge in [-0.1, -0.05) is 34.8 Å². The Hall–Kier alpha value is -0.980. The Morgan fingerprint density at radius 2 is 2.25 bits per heavy atom. The van der Waals surface area contributed by atoms with Crippen LogP contribution in [0.3, 0.4) is 0 Å². The fraction of sp³-hybridized carbons (Fsp3) is 0.571. The minimum atomic E-state index is -0.414. The smallest absolute Gasteiger partial charge is 0.270 e. The predicted octanol–water partition coefficient (Wildman–Crippen LogP) is 2.78. The summed E-state index contributed by atoms with van der Waals surface area (Å²) in [6.07, 6.45) is 4.02. The van der Waals surface area contributed by atoms with Gasteiger partial charge >= 0.3 is 0 Å². The number of hydrogen-bond donors (Lipinski definition) is 2. The third-order valence-corrected chi connectivity index (χ3v) is 5.04. The van der Waals surface area contributed by atoms with E-state index in [-0.39, 0.29) is 11.1 Å². The highest BCUT2D eigenvalue weighted by molar-refractivity contribution is 9.10. The molecule has 0 aliphatic heterocycles. The lowest BCUT2D eigenvalue weighted by atomic mass is 9.68. The number of aliphatic hydroxyl groups excluding tert-OH is 1. The van der Waals surface area contributed by atoms with Crippen LogP contribution in [0.1, 0.15) is 31.2 Å². The van der Waals surface area contributed by atoms with Gasteiger partial charge in [0.2, 0.25) is 0 Å². The molecule has 1 fully saturated rings. The second-order valence-electron chi connectivity index (χ2n) is 5.54. The molecule has 2 rings (SSSR count). The van der Waals surface area contributed by atoms with Gasteiger partial charge in [-0.25, -0.2) is 0 Å². The number of rotatable bonds is 4. The van der Waals surface area contributed by atoms with E-state index in [1.165, 1.54) is 12.1 Å². The number of benzene rings is 1. The Bertz CT molecular complexity index is 509. The normalized spacial score (nSPS) is 26.4. The minimum absolute atomic E-state index is 0.0617. The molecule has 0 bridgehead atoms. The maximum atomic E-state index is 10.8. The Morgan fingerprint density at radius 1 is 1.50 bits per heavy atom. The number of hydrogen-bond acceptors (Lipinski definition) is 4. The van der Waals surface area contributed by atoms with Crippen molar-refractivity contribution < 1.29 is 10.0 Å². The maximum Gasteiger partial charge on any atom is 0.270 e. The molecule has 0 amide bonds. The van der Waals surface area contributed by atoms with Gasteiger partial charge in [0.05, 0.1) is 11.0 Å². The molecule has 0 radical (unpaired) electrons. The lowest BCUT2D eigenvalue weighted by molar-refractivity contribution is -0.384. The summed E-state index contributed by atoms with van der Waals surface area (Å²) >= 11 is 3.39. The standard InChI is InChI=1S/C14H19BrN2O3/c15-12-7-11(17(19)20)5-4-10(12)8-14(9-16)6-2-1-3-13(14)18/h4-5,7,13,18H,1-3,6,8-9,16H2. The van der Waals surface area contributed by atoms with Gasteiger partial charge in [-0.3, -0.25) is 10.1 Å². The molecule has 0 spiro atoms. The van der Waals surface area contributed by atoms with Gasteiger partial charge in [-0.05, 0) is 24.8 Å². The molecular formula is C14H19BrN2O3. The first kappa shape index (κ1) is 15.4. The summed E-state index contributed by atoms with van der Waals surface area (Å²) in [7, 11) is 0. The molecule has 0 aromatic heterocycles. The molecule has 2 atom stereocenters. The topological polar surface area (TPSA) is 89.4 Å². The average Bonchev–Trinajstić information content (AvgIpc) is 2.43. The number of nitro benzene ring substituents is 1. The summed E-state index contributed by atoms with van der Waals surface area (Å²) in [5.41, 5.74) is 6.63. The maximum absolute atomic E-state index is 10.8. The fourth-order valence-electron chi connectivity index (χ4n) is 2.98. The highest BCUT2D eigenvalue weighted by Gasteiger charge is 2.39. The third-order valence-electron chi connectivity index (χ3n) is 4.31. The van der Waals surface area contributed by atoms with E-state index in [9.17, 15) is 15.2 Å². The Morgan fingerprint density at radius 3 is 2.80 bits per heavy atom. The Labute approximate surface area is 126 Å². The summed E-state index contributed by atoms with van der Waals surface area (Å²) in [5, 5.41) is 21.1. The van der Waals surface area contributed by atoms with Crippen LogP contribution in [0.2, 0.25) is 0 Å². The lowest BCUT2D eigenvalue weighted by Gasteiger charge is -2.41. The number of nitrogens with zero attached hydrogens (tertiary/aromatic N) is 1. The molecule has 20 heavy (non-hydrogen) atoms. The highest BCUT2D eigenvalue weighted by Crippen LogP contribution is 2.40. The van der Waals surface area contributed by atoms with E-state index < -0.39 is 11.0 Å². The van der Waals surface area contributed by atoms with Crippen molar-refractivity contribution in [3.8, 4) is 0 Å². The van der Waals surface area contributed by atoms with Crippen LogP contribution in [0.5, 0.6) is 0 Å². The first-order chi connectivity index (χ1) is 9.48. The van der Waals surface area contributed by atoms with Gasteiger partial charge in [-0.2, -0.15) is 0 Å². The number of halogens is 1. The van der Waals surface area contributed by atoms with Crippen LogP contribution in [-0.4, -0.2) is 22.7 Å². The van der Waals surface area contributed by atoms with Gasteiger partial charge < -0.3 is 10.8 Å². The van der Waals surface area contributed by atoms with Crippen LogP contribution in [0.4, 0.5) is 5.69 Å². The SMILES string of the molecule is NCC1(Cc2ccc([N+](=O)[O-])cc2Br)CCCCC1O. The van der Waals surface area contributed by atoms with Crippen molar-refractivity contribution in [1.82, 2.24) is 0 Å². The van der Waals surface area contributed by atoms with Crippen LogP contribution in [0.15, 0.2) is 22.7 Å². The molecule has 110 valence electrons. The second kappa shape index (κ2) is 6.20. The molecule has 5 nitrogen and oxygen atoms in total. The minimum Gasteiger partial charge on any atom is -0.392 e. The molecule has 1 aromatic carbocycles. The number of non-ortho nitro benzene ring substituents is 1. The number of aliphatic hydroxyl groups is 1. The average molecular weight is 343 g/mol. The van der Waals surface area contributed by atoms with Crippen LogP contribution in [0, 0.1) is 15.5 Å². The monoisotopic (exact) mass is 342 g/mol. The summed E-state index contributed by atoms with van der Waals surface area (Å²) in [5.74, 6) is 0. The molecule has 6 heteroatoms. The molecule has 1 aliphatic carbocycles. The van der Waals surface area contributed by atoms with Crippen molar-refractivity contribution in [1.29, 1.82) is 0 Å². The first-order valence-corrected chi connectivity index (χ1v) is 7.59. The van der Waals surface area contributed by atoms with E-state index in [2.05, 4.69) is 15.9 Å². The van der Waals surface area contributed by atoms with Crippen molar-refractivity contribution in [2.45, 2.75) is 38.2 Å². The molecule has 0 saturated heterocycles. The van der Waals surface area contributed by atoms with E-state index in [1.54, 1.807) is 6.07 Å². The largest absolute Gasteiger partial charge is 0.392 e. The highest BCUT2D eigenvalue weighted by atomic mass is 79.9. The molecule has 3 N–H and O–H groups in total. The van der Waals surface area contributed by atoms with E-state index in [0.717, 1.165) is 31.2 Å². The Balaban J connectivity index is 2.25. The van der Waals surface area contributed by atoms with Gasteiger partial charge in [0.25, 0.3) is 5.69 Å². The molecule has 0 heterocycles. The summed E-state index contributed by atoms with van der Waals surface area (Å²) in [4.78, 5) is 10.3. The molecular weight excluding hydrogens is 324 g/mol. The first-order valence-electron chi connectivity index (χ1n) is 6.79. The van der Waals surface area contributed by atoms with E-state index in [1.807, 2.05) is 0 Å². The third kappa shape index (κ3) is 3.02. The molecule has 1 aliphatic rings. The zero-order valence-corrected chi connectivity index (χ0v) is 12.8. The van der Waals surface area contributed by atoms with Crippen LogP contribution < -0.4 is 5.73 Å². The number of nitrogens with two attached hydrogens (primary N) is 1. The summed E-state index contributed by atoms with van der Waals surface area (Å²) < 4.78 is 0.706. The van der Waals surface area contributed by atoms with Crippen molar-refractivity contribution in [3.05, 3.63) is 38.3 Å². The van der Waals surface area contributed by atoms with Crippen molar-refractivity contribution in [2.24, 2.45) is 11.1 Å². The van der Waals surface area contributed by atoms with Crippen molar-refractivity contribution >= 4 is 21.6 Å². The van der Waals surface area contributed by atoms with Crippen LogP contribution in [0.25, 0.3) is 0 Å². The molecule has 1 aromatic rings. The van der Waals surface area contributed by atoms with Gasteiger partial charge in [0.1, 0.15) is 0 Å². The van der Waals surface area contributed by atoms with Crippen molar-refractivity contribution in [2.75, 3.05) is 6.54 Å². The quantitative estimate of drug-likeness (QED) is 0.650. The van der Waals surface area contributed by atoms with Gasteiger partial charge in [0.15, 0.2) is 0 Å². The van der Waals surface area contributed by atoms with Crippen LogP contribution >= 0.6 is 15.9 Å². The molecule has 2 unspecified atom stereocenters.